The maximum atomic E-state index is 10.6. The lowest BCUT2D eigenvalue weighted by Gasteiger charge is -2.06. The highest BCUT2D eigenvalue weighted by atomic mass is 32.2. The standard InChI is InChI=1S/C11H15NO3S/c1-2-3-6-16-11-5-4-10(12(14)15)7-9(11)8-13/h4-5,7,13H,2-3,6,8H2,1H3. The van der Waals surface area contributed by atoms with E-state index in [0.717, 1.165) is 23.5 Å². The number of nitrogens with zero attached hydrogens (tertiary/aromatic N) is 1. The van der Waals surface area contributed by atoms with Crippen molar-refractivity contribution in [3.8, 4) is 0 Å². The average Bonchev–Trinajstić information content (AvgIpc) is 2.29. The topological polar surface area (TPSA) is 63.4 Å². The maximum absolute atomic E-state index is 10.6. The van der Waals surface area contributed by atoms with Crippen LogP contribution in [0, 0.1) is 10.1 Å². The van der Waals surface area contributed by atoms with Crippen LogP contribution in [0.3, 0.4) is 0 Å². The van der Waals surface area contributed by atoms with Crippen molar-refractivity contribution in [2.24, 2.45) is 0 Å². The molecule has 0 saturated heterocycles. The van der Waals surface area contributed by atoms with Crippen LogP contribution in [0.5, 0.6) is 0 Å². The molecule has 1 N–H and O–H groups in total. The number of aliphatic hydroxyl groups excluding tert-OH is 1. The Morgan fingerprint density at radius 2 is 2.25 bits per heavy atom. The third kappa shape index (κ3) is 3.50. The third-order valence-corrected chi connectivity index (χ3v) is 3.38. The van der Waals surface area contributed by atoms with E-state index in [-0.39, 0.29) is 12.3 Å². The van der Waals surface area contributed by atoms with Crippen molar-refractivity contribution in [3.05, 3.63) is 33.9 Å². The van der Waals surface area contributed by atoms with Gasteiger partial charge < -0.3 is 5.11 Å². The van der Waals surface area contributed by atoms with E-state index in [1.54, 1.807) is 17.8 Å². The van der Waals surface area contributed by atoms with Gasteiger partial charge >= 0.3 is 0 Å². The van der Waals surface area contributed by atoms with Crippen molar-refractivity contribution in [2.75, 3.05) is 5.75 Å². The number of thioether (sulfide) groups is 1. The monoisotopic (exact) mass is 241 g/mol. The zero-order valence-corrected chi connectivity index (χ0v) is 10.00. The second-order valence-electron chi connectivity index (χ2n) is 3.41. The summed E-state index contributed by atoms with van der Waals surface area (Å²) in [4.78, 5) is 11.0. The molecule has 0 aromatic heterocycles. The van der Waals surface area contributed by atoms with Crippen molar-refractivity contribution in [1.82, 2.24) is 0 Å². The Morgan fingerprint density at radius 3 is 2.81 bits per heavy atom. The molecule has 88 valence electrons. The van der Waals surface area contributed by atoms with Gasteiger partial charge in [-0.15, -0.1) is 11.8 Å². The number of nitro groups is 1. The number of benzene rings is 1. The SMILES string of the molecule is CCCCSc1ccc([N+](=O)[O-])cc1CO. The van der Waals surface area contributed by atoms with Crippen LogP contribution < -0.4 is 0 Å². The first-order chi connectivity index (χ1) is 7.69. The minimum atomic E-state index is -0.445. The quantitative estimate of drug-likeness (QED) is 0.360. The molecule has 0 spiro atoms. The number of aliphatic hydroxyl groups is 1. The Bertz CT molecular complexity index is 368. The normalized spacial score (nSPS) is 10.4. The summed E-state index contributed by atoms with van der Waals surface area (Å²) in [6.45, 7) is 1.96. The fourth-order valence-corrected chi connectivity index (χ4v) is 2.40. The van der Waals surface area contributed by atoms with Crippen LogP contribution in [0.4, 0.5) is 5.69 Å². The molecule has 1 rings (SSSR count). The van der Waals surface area contributed by atoms with E-state index in [2.05, 4.69) is 6.92 Å². The minimum absolute atomic E-state index is 0.0314. The Balaban J connectivity index is 2.80. The van der Waals surface area contributed by atoms with Crippen LogP contribution in [-0.2, 0) is 6.61 Å². The van der Waals surface area contributed by atoms with Crippen molar-refractivity contribution < 1.29 is 10.0 Å². The van der Waals surface area contributed by atoms with E-state index in [1.807, 2.05) is 0 Å². The molecule has 0 aliphatic heterocycles. The number of nitro benzene ring substituents is 1. The summed E-state index contributed by atoms with van der Waals surface area (Å²) in [6.07, 6.45) is 2.22. The maximum Gasteiger partial charge on any atom is 0.269 e. The highest BCUT2D eigenvalue weighted by Gasteiger charge is 2.10. The van der Waals surface area contributed by atoms with Crippen molar-refractivity contribution in [1.29, 1.82) is 0 Å². The summed E-state index contributed by atoms with van der Waals surface area (Å²) in [5.74, 6) is 0.974. The van der Waals surface area contributed by atoms with Crippen molar-refractivity contribution >= 4 is 17.4 Å². The summed E-state index contributed by atoms with van der Waals surface area (Å²) in [6, 6.07) is 4.63. The van der Waals surface area contributed by atoms with Gasteiger partial charge in [0.1, 0.15) is 0 Å². The molecule has 0 aliphatic rings. The van der Waals surface area contributed by atoms with E-state index in [4.69, 9.17) is 5.11 Å². The summed E-state index contributed by atoms with van der Waals surface area (Å²) in [5, 5.41) is 19.7. The summed E-state index contributed by atoms with van der Waals surface area (Å²) < 4.78 is 0. The summed E-state index contributed by atoms with van der Waals surface area (Å²) in [7, 11) is 0. The van der Waals surface area contributed by atoms with Gasteiger partial charge in [0, 0.05) is 17.0 Å². The van der Waals surface area contributed by atoms with Crippen molar-refractivity contribution in [2.45, 2.75) is 31.3 Å². The predicted octanol–water partition coefficient (Wildman–Crippen LogP) is 2.98. The lowest BCUT2D eigenvalue weighted by atomic mass is 10.2. The van der Waals surface area contributed by atoms with Gasteiger partial charge in [-0.25, -0.2) is 0 Å². The van der Waals surface area contributed by atoms with Crippen LogP contribution in [0.25, 0.3) is 0 Å². The van der Waals surface area contributed by atoms with Crippen LogP contribution in [0.1, 0.15) is 25.3 Å². The molecule has 0 amide bonds. The average molecular weight is 241 g/mol. The molecule has 0 heterocycles. The van der Waals surface area contributed by atoms with Gasteiger partial charge in [0.15, 0.2) is 0 Å². The molecule has 0 radical (unpaired) electrons. The summed E-state index contributed by atoms with van der Waals surface area (Å²) >= 11 is 1.63. The molecule has 0 aliphatic carbocycles. The molecule has 1 aromatic rings. The second kappa shape index (κ2) is 6.50. The predicted molar refractivity (Wildman–Crippen MR) is 64.7 cm³/mol. The summed E-state index contributed by atoms with van der Waals surface area (Å²) in [5.41, 5.74) is 0.666. The van der Waals surface area contributed by atoms with Gasteiger partial charge in [-0.3, -0.25) is 10.1 Å². The molecule has 4 nitrogen and oxygen atoms in total. The Hall–Kier alpha value is -1.07. The van der Waals surface area contributed by atoms with E-state index >= 15 is 0 Å². The van der Waals surface area contributed by atoms with Crippen LogP contribution >= 0.6 is 11.8 Å². The van der Waals surface area contributed by atoms with Gasteiger partial charge in [0.25, 0.3) is 5.69 Å². The van der Waals surface area contributed by atoms with E-state index in [1.165, 1.54) is 12.1 Å². The molecule has 0 saturated carbocycles. The third-order valence-electron chi connectivity index (χ3n) is 2.18. The van der Waals surface area contributed by atoms with Crippen LogP contribution in [-0.4, -0.2) is 15.8 Å². The fraction of sp³-hybridized carbons (Fsp3) is 0.455. The first-order valence-corrected chi connectivity index (χ1v) is 6.18. The number of non-ortho nitro benzene ring substituents is 1. The van der Waals surface area contributed by atoms with E-state index < -0.39 is 4.92 Å². The van der Waals surface area contributed by atoms with E-state index in [9.17, 15) is 10.1 Å². The molecule has 5 heteroatoms. The van der Waals surface area contributed by atoms with Crippen molar-refractivity contribution in [3.63, 3.8) is 0 Å². The fourth-order valence-electron chi connectivity index (χ4n) is 1.27. The van der Waals surface area contributed by atoms with Crippen LogP contribution in [0.2, 0.25) is 0 Å². The molecule has 0 unspecified atom stereocenters. The number of unbranched alkanes of at least 4 members (excludes halogenated alkanes) is 1. The highest BCUT2D eigenvalue weighted by Crippen LogP contribution is 2.27. The van der Waals surface area contributed by atoms with Crippen LogP contribution in [0.15, 0.2) is 23.1 Å². The Labute approximate surface area is 98.8 Å². The molecule has 16 heavy (non-hydrogen) atoms. The zero-order chi connectivity index (χ0) is 12.0. The largest absolute Gasteiger partial charge is 0.392 e. The molecule has 0 bridgehead atoms. The van der Waals surface area contributed by atoms with Gasteiger partial charge in [-0.2, -0.15) is 0 Å². The van der Waals surface area contributed by atoms with Gasteiger partial charge in [-0.05, 0) is 23.8 Å². The molecule has 0 atom stereocenters. The Kier molecular flexibility index (Phi) is 5.28. The first-order valence-electron chi connectivity index (χ1n) is 5.20. The van der Waals surface area contributed by atoms with E-state index in [0.29, 0.717) is 5.56 Å². The zero-order valence-electron chi connectivity index (χ0n) is 9.18. The molecular weight excluding hydrogens is 226 g/mol. The minimum Gasteiger partial charge on any atom is -0.392 e. The second-order valence-corrected chi connectivity index (χ2v) is 4.55. The highest BCUT2D eigenvalue weighted by molar-refractivity contribution is 7.99. The first kappa shape index (κ1) is 13.0. The van der Waals surface area contributed by atoms with Gasteiger partial charge in [0.05, 0.1) is 11.5 Å². The smallest absolute Gasteiger partial charge is 0.269 e. The molecule has 0 fully saturated rings. The van der Waals surface area contributed by atoms with Gasteiger partial charge in [-0.1, -0.05) is 13.3 Å². The van der Waals surface area contributed by atoms with Gasteiger partial charge in [0.2, 0.25) is 0 Å². The number of hydrogen-bond donors (Lipinski definition) is 1. The lowest BCUT2D eigenvalue weighted by Crippen LogP contribution is -1.93. The Morgan fingerprint density at radius 1 is 1.50 bits per heavy atom. The number of hydrogen-bond acceptors (Lipinski definition) is 4. The lowest BCUT2D eigenvalue weighted by molar-refractivity contribution is -0.385. The molecule has 1 aromatic carbocycles. The molecular formula is C11H15NO3S. The number of rotatable bonds is 6.